The van der Waals surface area contributed by atoms with E-state index in [4.69, 9.17) is 16.3 Å². The summed E-state index contributed by atoms with van der Waals surface area (Å²) in [6.07, 6.45) is 1.37. The average Bonchev–Trinajstić information content (AvgIpc) is 2.79. The SMILES string of the molecule is O=C(CNC(=O)c1cccc(Cl)c1)N/N=C\c1ccc(OC(=O)c2ccccc2F)cc1. The summed E-state index contributed by atoms with van der Waals surface area (Å²) < 4.78 is 18.8. The molecule has 3 aromatic rings. The van der Waals surface area contributed by atoms with E-state index in [2.05, 4.69) is 15.8 Å². The highest BCUT2D eigenvalue weighted by Gasteiger charge is 2.13. The molecule has 3 aromatic carbocycles. The van der Waals surface area contributed by atoms with Crippen molar-refractivity contribution < 1.29 is 23.5 Å². The van der Waals surface area contributed by atoms with Crippen molar-refractivity contribution in [2.75, 3.05) is 6.54 Å². The molecule has 0 aliphatic carbocycles. The molecular formula is C23H17ClFN3O4. The Morgan fingerprint density at radius 1 is 1.00 bits per heavy atom. The van der Waals surface area contributed by atoms with E-state index < -0.39 is 23.6 Å². The van der Waals surface area contributed by atoms with Crippen molar-refractivity contribution in [1.29, 1.82) is 0 Å². The second kappa shape index (κ2) is 10.8. The molecule has 0 unspecified atom stereocenters. The molecule has 7 nitrogen and oxygen atoms in total. The van der Waals surface area contributed by atoms with Gasteiger partial charge in [-0.1, -0.05) is 29.8 Å². The highest BCUT2D eigenvalue weighted by Crippen LogP contribution is 2.15. The number of ether oxygens (including phenoxy) is 1. The van der Waals surface area contributed by atoms with Gasteiger partial charge in [-0.3, -0.25) is 9.59 Å². The van der Waals surface area contributed by atoms with Crippen molar-refractivity contribution in [3.8, 4) is 5.75 Å². The molecule has 0 atom stereocenters. The number of esters is 1. The number of nitrogens with one attached hydrogen (secondary N) is 2. The van der Waals surface area contributed by atoms with Gasteiger partial charge in [0.1, 0.15) is 11.6 Å². The van der Waals surface area contributed by atoms with Gasteiger partial charge in [0.15, 0.2) is 0 Å². The molecule has 32 heavy (non-hydrogen) atoms. The maximum absolute atomic E-state index is 13.6. The van der Waals surface area contributed by atoms with Gasteiger partial charge < -0.3 is 10.1 Å². The third-order valence-electron chi connectivity index (χ3n) is 4.08. The van der Waals surface area contributed by atoms with Gasteiger partial charge in [-0.2, -0.15) is 5.10 Å². The van der Waals surface area contributed by atoms with Crippen molar-refractivity contribution in [2.45, 2.75) is 0 Å². The number of carbonyl (C=O) groups excluding carboxylic acids is 3. The first-order valence-corrected chi connectivity index (χ1v) is 9.72. The van der Waals surface area contributed by atoms with Crippen LogP contribution < -0.4 is 15.5 Å². The van der Waals surface area contributed by atoms with E-state index in [1.165, 1.54) is 48.7 Å². The molecule has 3 rings (SSSR count). The molecule has 2 amide bonds. The number of hydrogen-bond acceptors (Lipinski definition) is 5. The molecule has 162 valence electrons. The first-order valence-electron chi connectivity index (χ1n) is 9.35. The summed E-state index contributed by atoms with van der Waals surface area (Å²) in [4.78, 5) is 35.8. The average molecular weight is 454 g/mol. The smallest absolute Gasteiger partial charge is 0.346 e. The molecule has 0 bridgehead atoms. The molecule has 0 saturated heterocycles. The number of rotatable bonds is 7. The van der Waals surface area contributed by atoms with Crippen molar-refractivity contribution in [1.82, 2.24) is 10.7 Å². The fourth-order valence-electron chi connectivity index (χ4n) is 2.52. The summed E-state index contributed by atoms with van der Waals surface area (Å²) in [5.41, 5.74) is 3.07. The Labute approximate surface area is 187 Å². The number of hydrazone groups is 1. The maximum Gasteiger partial charge on any atom is 0.346 e. The first kappa shape index (κ1) is 22.6. The highest BCUT2D eigenvalue weighted by molar-refractivity contribution is 6.31. The lowest BCUT2D eigenvalue weighted by atomic mass is 10.2. The van der Waals surface area contributed by atoms with E-state index in [1.54, 1.807) is 30.3 Å². The summed E-state index contributed by atoms with van der Waals surface area (Å²) in [6, 6.07) is 18.1. The van der Waals surface area contributed by atoms with E-state index in [0.717, 1.165) is 0 Å². The summed E-state index contributed by atoms with van der Waals surface area (Å²) in [5, 5.41) is 6.68. The lowest BCUT2D eigenvalue weighted by Gasteiger charge is -2.05. The zero-order valence-corrected chi connectivity index (χ0v) is 17.3. The van der Waals surface area contributed by atoms with E-state index in [0.29, 0.717) is 16.1 Å². The Morgan fingerprint density at radius 2 is 1.75 bits per heavy atom. The minimum Gasteiger partial charge on any atom is -0.423 e. The maximum atomic E-state index is 13.6. The molecule has 0 radical (unpaired) electrons. The van der Waals surface area contributed by atoms with Crippen LogP contribution in [0.25, 0.3) is 0 Å². The van der Waals surface area contributed by atoms with E-state index in [-0.39, 0.29) is 17.9 Å². The predicted molar refractivity (Wildman–Crippen MR) is 117 cm³/mol. The molecule has 2 N–H and O–H groups in total. The Balaban J connectivity index is 1.46. The van der Waals surface area contributed by atoms with Crippen LogP contribution in [0.1, 0.15) is 26.3 Å². The van der Waals surface area contributed by atoms with Gasteiger partial charge in [0.2, 0.25) is 0 Å². The Hall–Kier alpha value is -4.04. The lowest BCUT2D eigenvalue weighted by molar-refractivity contribution is -0.120. The van der Waals surface area contributed by atoms with E-state index >= 15 is 0 Å². The van der Waals surface area contributed by atoms with Crippen LogP contribution in [-0.4, -0.2) is 30.5 Å². The number of hydrogen-bond donors (Lipinski definition) is 2. The number of halogens is 2. The second-order valence-electron chi connectivity index (χ2n) is 6.42. The molecular weight excluding hydrogens is 437 g/mol. The lowest BCUT2D eigenvalue weighted by Crippen LogP contribution is -2.34. The monoisotopic (exact) mass is 453 g/mol. The molecule has 0 heterocycles. The van der Waals surface area contributed by atoms with Crippen LogP contribution in [0, 0.1) is 5.82 Å². The van der Waals surface area contributed by atoms with E-state index in [9.17, 15) is 18.8 Å². The standard InChI is InChI=1S/C23H17ClFN3O4/c24-17-5-3-4-16(12-17)22(30)26-14-21(29)28-27-13-15-8-10-18(11-9-15)32-23(31)19-6-1-2-7-20(19)25/h1-13H,14H2,(H,26,30)(H,28,29)/b27-13-. The van der Waals surface area contributed by atoms with Crippen LogP contribution in [0.3, 0.4) is 0 Å². The molecule has 0 fully saturated rings. The van der Waals surface area contributed by atoms with Crippen molar-refractivity contribution >= 4 is 35.6 Å². The van der Waals surface area contributed by atoms with Gasteiger partial charge in [-0.15, -0.1) is 0 Å². The molecule has 0 aromatic heterocycles. The normalized spacial score (nSPS) is 10.6. The van der Waals surface area contributed by atoms with Gasteiger partial charge in [-0.25, -0.2) is 14.6 Å². The predicted octanol–water partition coefficient (Wildman–Crippen LogP) is 3.58. The minimum absolute atomic E-state index is 0.164. The highest BCUT2D eigenvalue weighted by atomic mass is 35.5. The third-order valence-corrected chi connectivity index (χ3v) is 4.32. The van der Waals surface area contributed by atoms with Gasteiger partial charge in [0.05, 0.1) is 18.3 Å². The Kier molecular flexibility index (Phi) is 7.66. The summed E-state index contributed by atoms with van der Waals surface area (Å²) in [6.45, 7) is -0.270. The van der Waals surface area contributed by atoms with Crippen molar-refractivity contribution in [3.05, 3.63) is 100 Å². The summed E-state index contributed by atoms with van der Waals surface area (Å²) >= 11 is 5.83. The van der Waals surface area contributed by atoms with Crippen LogP contribution in [0.2, 0.25) is 5.02 Å². The summed E-state index contributed by atoms with van der Waals surface area (Å²) in [7, 11) is 0. The second-order valence-corrected chi connectivity index (χ2v) is 6.86. The fraction of sp³-hybridized carbons (Fsp3) is 0.0435. The minimum atomic E-state index is -0.809. The fourth-order valence-corrected chi connectivity index (χ4v) is 2.71. The largest absolute Gasteiger partial charge is 0.423 e. The number of carbonyl (C=O) groups is 3. The molecule has 0 spiro atoms. The van der Waals surface area contributed by atoms with Crippen LogP contribution in [0.15, 0.2) is 77.9 Å². The topological polar surface area (TPSA) is 96.9 Å². The zero-order valence-electron chi connectivity index (χ0n) is 16.5. The van der Waals surface area contributed by atoms with E-state index in [1.807, 2.05) is 0 Å². The summed E-state index contributed by atoms with van der Waals surface area (Å²) in [5.74, 6) is -2.21. The van der Waals surface area contributed by atoms with Gasteiger partial charge in [-0.05, 0) is 60.2 Å². The van der Waals surface area contributed by atoms with Crippen LogP contribution in [0.5, 0.6) is 5.75 Å². The van der Waals surface area contributed by atoms with Gasteiger partial charge in [0.25, 0.3) is 11.8 Å². The van der Waals surface area contributed by atoms with Crippen LogP contribution in [-0.2, 0) is 4.79 Å². The number of benzene rings is 3. The quantitative estimate of drug-likeness (QED) is 0.247. The number of amides is 2. The van der Waals surface area contributed by atoms with Crippen LogP contribution >= 0.6 is 11.6 Å². The van der Waals surface area contributed by atoms with Gasteiger partial charge >= 0.3 is 5.97 Å². The Bertz CT molecular complexity index is 1170. The number of nitrogens with zero attached hydrogens (tertiary/aromatic N) is 1. The zero-order chi connectivity index (χ0) is 22.9. The van der Waals surface area contributed by atoms with Crippen molar-refractivity contribution in [3.63, 3.8) is 0 Å². The van der Waals surface area contributed by atoms with Crippen LogP contribution in [0.4, 0.5) is 4.39 Å². The molecule has 9 heteroatoms. The molecule has 0 aliphatic heterocycles. The first-order chi connectivity index (χ1) is 15.4. The molecule has 0 saturated carbocycles. The third kappa shape index (κ3) is 6.48. The van der Waals surface area contributed by atoms with Gasteiger partial charge in [0, 0.05) is 10.6 Å². The van der Waals surface area contributed by atoms with Crippen molar-refractivity contribution in [2.24, 2.45) is 5.10 Å². The Morgan fingerprint density at radius 3 is 2.47 bits per heavy atom. The molecule has 0 aliphatic rings.